The van der Waals surface area contributed by atoms with E-state index in [1.165, 1.54) is 13.2 Å². The number of hydrogen-bond donors (Lipinski definition) is 2. The first-order valence-corrected chi connectivity index (χ1v) is 13.1. The number of nitrogens with one attached hydrogen (secondary N) is 1. The zero-order chi connectivity index (χ0) is 26.8. The molecule has 0 aliphatic heterocycles. The summed E-state index contributed by atoms with van der Waals surface area (Å²) in [5.41, 5.74) is 3.00. The molecule has 2 N–H and O–H groups in total. The average molecular weight is 512 g/mol. The van der Waals surface area contributed by atoms with E-state index in [0.29, 0.717) is 38.6 Å². The number of nitrogens with zero attached hydrogens (tertiary/aromatic N) is 2. The fourth-order valence-electron chi connectivity index (χ4n) is 6.50. The van der Waals surface area contributed by atoms with E-state index in [4.69, 9.17) is 4.74 Å². The van der Waals surface area contributed by atoms with Crippen LogP contribution in [0.2, 0.25) is 0 Å². The predicted octanol–water partition coefficient (Wildman–Crippen LogP) is 5.44. The maximum Gasteiger partial charge on any atom is 0.333 e. The second kappa shape index (κ2) is 10.9. The molecule has 1 aliphatic carbocycles. The Kier molecular flexibility index (Phi) is 8.02. The number of methoxy groups -OCH3 is 1. The van der Waals surface area contributed by atoms with E-state index in [-0.39, 0.29) is 24.2 Å². The lowest BCUT2D eigenvalue weighted by atomic mass is 9.56. The number of imidazole rings is 1. The van der Waals surface area contributed by atoms with Crippen molar-refractivity contribution < 1.29 is 23.7 Å². The lowest BCUT2D eigenvalue weighted by Gasteiger charge is -2.51. The highest BCUT2D eigenvalue weighted by molar-refractivity contribution is 5.75. The minimum atomic E-state index is -1.06. The molecule has 3 unspecified atom stereocenters. The van der Waals surface area contributed by atoms with Crippen LogP contribution in [0.3, 0.4) is 0 Å². The Balaban J connectivity index is 1.53. The largest absolute Gasteiger partial charge is 0.633 e. The van der Waals surface area contributed by atoms with Crippen LogP contribution in [0.25, 0.3) is 11.0 Å². The molecule has 3 aromatic rings. The van der Waals surface area contributed by atoms with Gasteiger partial charge in [0.1, 0.15) is 11.6 Å². The van der Waals surface area contributed by atoms with Crippen molar-refractivity contribution in [2.75, 3.05) is 27.2 Å². The van der Waals surface area contributed by atoms with Crippen LogP contribution in [-0.4, -0.2) is 59.0 Å². The number of hydrogen-bond acceptors (Lipinski definition) is 4. The Bertz CT molecular complexity index is 1210. The summed E-state index contributed by atoms with van der Waals surface area (Å²) >= 11 is 0. The number of rotatable bonds is 11. The Morgan fingerprint density at radius 3 is 2.73 bits per heavy atom. The quantitative estimate of drug-likeness (QED) is 0.264. The van der Waals surface area contributed by atoms with Crippen LogP contribution in [-0.2, 0) is 22.4 Å². The second-order valence-electron chi connectivity index (χ2n) is 11.1. The van der Waals surface area contributed by atoms with Crippen molar-refractivity contribution in [2.45, 2.75) is 58.0 Å². The van der Waals surface area contributed by atoms with Crippen LogP contribution in [0.15, 0.2) is 42.5 Å². The van der Waals surface area contributed by atoms with Crippen molar-refractivity contribution in [2.24, 2.45) is 11.3 Å². The molecule has 0 saturated heterocycles. The molecular weight excluding hydrogens is 473 g/mol. The van der Waals surface area contributed by atoms with E-state index >= 15 is 0 Å². The first kappa shape index (κ1) is 27.2. The maximum atomic E-state index is 14.0. The molecule has 0 amide bonds. The summed E-state index contributed by atoms with van der Waals surface area (Å²) in [6.07, 6.45) is 1.75. The van der Waals surface area contributed by atoms with Crippen molar-refractivity contribution in [1.82, 2.24) is 9.97 Å². The minimum Gasteiger partial charge on any atom is -0.633 e. The van der Waals surface area contributed by atoms with Gasteiger partial charge in [-0.25, -0.2) is 14.2 Å². The summed E-state index contributed by atoms with van der Waals surface area (Å²) in [4.78, 5) is 20.3. The number of aliphatic carboxylic acids is 1. The van der Waals surface area contributed by atoms with Gasteiger partial charge in [-0.1, -0.05) is 32.0 Å². The number of aryl methyl sites for hydroxylation is 2. The lowest BCUT2D eigenvalue weighted by molar-refractivity contribution is -0.862. The summed E-state index contributed by atoms with van der Waals surface area (Å²) in [6.45, 7) is 4.79. The average Bonchev–Trinajstić information content (AvgIpc) is 3.25. The van der Waals surface area contributed by atoms with Gasteiger partial charge >= 0.3 is 5.97 Å². The number of H-pyrrole nitrogens is 1. The van der Waals surface area contributed by atoms with Gasteiger partial charge in [-0.2, -0.15) is 0 Å². The number of aromatic nitrogens is 2. The molecule has 37 heavy (non-hydrogen) atoms. The number of hydroxylamine groups is 3. The predicted molar refractivity (Wildman–Crippen MR) is 141 cm³/mol. The fourth-order valence-corrected chi connectivity index (χ4v) is 6.50. The highest BCUT2D eigenvalue weighted by Gasteiger charge is 2.53. The second-order valence-corrected chi connectivity index (χ2v) is 11.1. The molecule has 1 aliphatic rings. The maximum absolute atomic E-state index is 14.0. The molecule has 200 valence electrons. The topological polar surface area (TPSA) is 98.3 Å². The van der Waals surface area contributed by atoms with Gasteiger partial charge in [-0.3, -0.25) is 0 Å². The SMILES string of the molecule is CO[C@H](C(=O)O)C1(CC[N+](C)([O-])CCCc2nc3ccccc3[nH]2)CCc2cc(F)ccc2C1C(C)C. The van der Waals surface area contributed by atoms with Crippen LogP contribution >= 0.6 is 0 Å². The van der Waals surface area contributed by atoms with Crippen molar-refractivity contribution in [3.8, 4) is 0 Å². The fraction of sp³-hybridized carbons (Fsp3) is 0.517. The van der Waals surface area contributed by atoms with Crippen LogP contribution < -0.4 is 0 Å². The van der Waals surface area contributed by atoms with E-state index in [2.05, 4.69) is 23.8 Å². The standard InChI is InChI=1S/C29H38FN3O4/c1-19(2)26-22-12-11-21(30)18-20(22)13-14-29(26,27(37-4)28(34)35)15-17-33(3,36)16-7-10-25-31-23-8-5-6-9-24(23)32-25/h5-6,8-9,11-12,18-19,26-27H,7,10,13-17H2,1-4H3,(H,31,32)(H,34,35)/t26?,27-,29?,33?/m1/s1. The summed E-state index contributed by atoms with van der Waals surface area (Å²) in [6, 6.07) is 12.6. The van der Waals surface area contributed by atoms with Gasteiger partial charge in [0.05, 0.1) is 31.2 Å². The third-order valence-electron chi connectivity index (χ3n) is 8.10. The number of carboxylic acids is 1. The Labute approximate surface area is 217 Å². The number of halogens is 1. The van der Waals surface area contributed by atoms with Crippen molar-refractivity contribution in [3.63, 3.8) is 0 Å². The summed E-state index contributed by atoms with van der Waals surface area (Å²) in [5.74, 6) is -0.542. The van der Waals surface area contributed by atoms with Crippen molar-refractivity contribution in [1.29, 1.82) is 0 Å². The summed E-state index contributed by atoms with van der Waals surface area (Å²) < 4.78 is 19.1. The zero-order valence-corrected chi connectivity index (χ0v) is 22.2. The molecule has 8 heteroatoms. The van der Waals surface area contributed by atoms with E-state index in [1.807, 2.05) is 24.3 Å². The molecule has 0 spiro atoms. The number of fused-ring (bicyclic) bond motifs is 2. The molecule has 7 nitrogen and oxygen atoms in total. The van der Waals surface area contributed by atoms with Gasteiger partial charge < -0.3 is 24.7 Å². The van der Waals surface area contributed by atoms with Crippen LogP contribution in [0, 0.1) is 22.4 Å². The number of aromatic amines is 1. The molecule has 4 rings (SSSR count). The normalized spacial score (nSPS) is 22.1. The Hall–Kier alpha value is -2.81. The highest BCUT2D eigenvalue weighted by Crippen LogP contribution is 2.54. The number of benzene rings is 2. The molecule has 0 saturated carbocycles. The van der Waals surface area contributed by atoms with Gasteiger partial charge in [0.2, 0.25) is 0 Å². The zero-order valence-electron chi connectivity index (χ0n) is 22.2. The van der Waals surface area contributed by atoms with E-state index in [0.717, 1.165) is 28.0 Å². The molecule has 0 radical (unpaired) electrons. The van der Waals surface area contributed by atoms with Crippen LogP contribution in [0.4, 0.5) is 4.39 Å². The van der Waals surface area contributed by atoms with Gasteiger partial charge in [-0.05, 0) is 60.1 Å². The van der Waals surface area contributed by atoms with Crippen LogP contribution in [0.1, 0.15) is 56.0 Å². The molecular formula is C29H38FN3O4. The summed E-state index contributed by atoms with van der Waals surface area (Å²) in [5, 5.41) is 23.7. The molecule has 1 heterocycles. The number of quaternary nitrogens is 1. The number of para-hydroxylation sites is 2. The van der Waals surface area contributed by atoms with E-state index < -0.39 is 22.1 Å². The van der Waals surface area contributed by atoms with Crippen molar-refractivity contribution in [3.05, 3.63) is 70.4 Å². The first-order chi connectivity index (χ1) is 17.6. The minimum absolute atomic E-state index is 0.0833. The van der Waals surface area contributed by atoms with Gasteiger partial charge in [0.25, 0.3) is 0 Å². The monoisotopic (exact) mass is 511 g/mol. The Morgan fingerprint density at radius 1 is 1.30 bits per heavy atom. The van der Waals surface area contributed by atoms with E-state index in [9.17, 15) is 19.5 Å². The lowest BCUT2D eigenvalue weighted by Crippen LogP contribution is -2.53. The Morgan fingerprint density at radius 2 is 2.05 bits per heavy atom. The van der Waals surface area contributed by atoms with Gasteiger partial charge in [0, 0.05) is 31.8 Å². The van der Waals surface area contributed by atoms with Crippen LogP contribution in [0.5, 0.6) is 0 Å². The smallest absolute Gasteiger partial charge is 0.333 e. The number of carboxylic acid groups (broad SMARTS) is 1. The molecule has 2 aromatic carbocycles. The highest BCUT2D eigenvalue weighted by atomic mass is 19.1. The van der Waals surface area contributed by atoms with E-state index in [1.54, 1.807) is 19.2 Å². The number of ether oxygens (including phenoxy) is 1. The van der Waals surface area contributed by atoms with Gasteiger partial charge in [0.15, 0.2) is 6.10 Å². The summed E-state index contributed by atoms with van der Waals surface area (Å²) in [7, 11) is 3.09. The molecule has 0 bridgehead atoms. The third kappa shape index (κ3) is 5.71. The number of carbonyl (C=O) groups is 1. The third-order valence-corrected chi connectivity index (χ3v) is 8.10. The molecule has 4 atom stereocenters. The van der Waals surface area contributed by atoms with Gasteiger partial charge in [-0.15, -0.1) is 0 Å². The molecule has 1 aromatic heterocycles. The van der Waals surface area contributed by atoms with Crippen molar-refractivity contribution >= 4 is 17.0 Å². The molecule has 0 fully saturated rings. The first-order valence-electron chi connectivity index (χ1n) is 13.1.